The van der Waals surface area contributed by atoms with Gasteiger partial charge in [0.25, 0.3) is 0 Å². The molecule has 2 heterocycles. The molecule has 0 bridgehead atoms. The molecule has 1 amide bonds. The molecule has 21 heavy (non-hydrogen) atoms. The molecule has 1 aromatic heterocycles. The van der Waals surface area contributed by atoms with E-state index in [1.807, 2.05) is 24.1 Å². The number of amides is 1. The maximum atomic E-state index is 12.7. The predicted octanol–water partition coefficient (Wildman–Crippen LogP) is 1.13. The number of aromatic nitrogens is 1. The van der Waals surface area contributed by atoms with Gasteiger partial charge >= 0.3 is 0 Å². The standard InChI is InChI=1S/C15H23N3O2.ClH/c1-18(10-5-13-3-7-16-8-4-13)14(19)15(12-20-2)6-9-17-11-15;/h3-4,7-8,17H,5-6,9-12H2,1-2H3;1H. The van der Waals surface area contributed by atoms with Crippen LogP contribution in [0.5, 0.6) is 0 Å². The summed E-state index contributed by atoms with van der Waals surface area (Å²) < 4.78 is 5.27. The normalized spacial score (nSPS) is 20.9. The Morgan fingerprint density at radius 3 is 2.76 bits per heavy atom. The lowest BCUT2D eigenvalue weighted by molar-refractivity contribution is -0.142. The first-order valence-electron chi connectivity index (χ1n) is 7.02. The van der Waals surface area contributed by atoms with Gasteiger partial charge < -0.3 is 15.0 Å². The summed E-state index contributed by atoms with van der Waals surface area (Å²) in [7, 11) is 3.53. The van der Waals surface area contributed by atoms with E-state index in [1.54, 1.807) is 19.5 Å². The van der Waals surface area contributed by atoms with Crippen molar-refractivity contribution >= 4 is 18.3 Å². The zero-order valence-electron chi connectivity index (χ0n) is 12.7. The molecule has 1 aromatic rings. The minimum absolute atomic E-state index is 0. The summed E-state index contributed by atoms with van der Waals surface area (Å²) in [6.45, 7) is 2.79. The lowest BCUT2D eigenvalue weighted by Gasteiger charge is -2.31. The average molecular weight is 314 g/mol. The molecule has 0 spiro atoms. The molecular weight excluding hydrogens is 290 g/mol. The summed E-state index contributed by atoms with van der Waals surface area (Å²) in [5, 5.41) is 3.27. The molecule has 5 nitrogen and oxygen atoms in total. The van der Waals surface area contributed by atoms with Crippen LogP contribution in [0.2, 0.25) is 0 Å². The highest BCUT2D eigenvalue weighted by Crippen LogP contribution is 2.28. The predicted molar refractivity (Wildman–Crippen MR) is 84.6 cm³/mol. The van der Waals surface area contributed by atoms with Gasteiger partial charge in [0.15, 0.2) is 0 Å². The number of hydrogen-bond donors (Lipinski definition) is 1. The number of hydrogen-bond acceptors (Lipinski definition) is 4. The molecule has 0 aromatic carbocycles. The number of carbonyl (C=O) groups excluding carboxylic acids is 1. The van der Waals surface area contributed by atoms with Crippen LogP contribution >= 0.6 is 12.4 Å². The van der Waals surface area contributed by atoms with Gasteiger partial charge in [0, 0.05) is 39.6 Å². The SMILES string of the molecule is COCC1(C(=O)N(C)CCc2ccncc2)CCNC1.Cl. The van der Waals surface area contributed by atoms with E-state index in [9.17, 15) is 4.79 Å². The summed E-state index contributed by atoms with van der Waals surface area (Å²) in [6, 6.07) is 3.97. The Morgan fingerprint density at radius 2 is 2.19 bits per heavy atom. The molecule has 118 valence electrons. The monoisotopic (exact) mass is 313 g/mol. The van der Waals surface area contributed by atoms with Crippen molar-refractivity contribution in [1.82, 2.24) is 15.2 Å². The van der Waals surface area contributed by atoms with E-state index in [-0.39, 0.29) is 23.7 Å². The van der Waals surface area contributed by atoms with Crippen molar-refractivity contribution < 1.29 is 9.53 Å². The molecule has 1 atom stereocenters. The van der Waals surface area contributed by atoms with Gasteiger partial charge in [-0.25, -0.2) is 0 Å². The van der Waals surface area contributed by atoms with Crippen molar-refractivity contribution in [3.63, 3.8) is 0 Å². The summed E-state index contributed by atoms with van der Waals surface area (Å²) in [5.41, 5.74) is 0.812. The fraction of sp³-hybridized carbons (Fsp3) is 0.600. The summed E-state index contributed by atoms with van der Waals surface area (Å²) in [5.74, 6) is 0.179. The minimum atomic E-state index is -0.387. The minimum Gasteiger partial charge on any atom is -0.384 e. The maximum absolute atomic E-state index is 12.7. The van der Waals surface area contributed by atoms with Gasteiger partial charge in [0.05, 0.1) is 12.0 Å². The summed E-state index contributed by atoms with van der Waals surface area (Å²) in [6.07, 6.45) is 5.26. The first-order valence-corrected chi connectivity index (χ1v) is 7.02. The average Bonchev–Trinajstić information content (AvgIpc) is 2.95. The number of likely N-dealkylation sites (N-methyl/N-ethyl adjacent to an activating group) is 1. The lowest BCUT2D eigenvalue weighted by Crippen LogP contribution is -2.46. The zero-order chi connectivity index (χ0) is 14.4. The van der Waals surface area contributed by atoms with E-state index in [0.717, 1.165) is 19.4 Å². The Kier molecular flexibility index (Phi) is 7.08. The van der Waals surface area contributed by atoms with Gasteiger partial charge in [-0.3, -0.25) is 9.78 Å². The van der Waals surface area contributed by atoms with E-state index in [2.05, 4.69) is 10.3 Å². The van der Waals surface area contributed by atoms with Gasteiger partial charge in [-0.2, -0.15) is 0 Å². The molecule has 0 saturated carbocycles. The van der Waals surface area contributed by atoms with Crippen molar-refractivity contribution in [3.05, 3.63) is 30.1 Å². The number of carbonyl (C=O) groups is 1. The number of methoxy groups -OCH3 is 1. The van der Waals surface area contributed by atoms with Gasteiger partial charge in [-0.05, 0) is 37.1 Å². The van der Waals surface area contributed by atoms with E-state index >= 15 is 0 Å². The molecule has 6 heteroatoms. The molecule has 1 aliphatic heterocycles. The van der Waals surface area contributed by atoms with E-state index in [0.29, 0.717) is 19.7 Å². The van der Waals surface area contributed by atoms with Crippen LogP contribution in [0.15, 0.2) is 24.5 Å². The lowest BCUT2D eigenvalue weighted by atomic mass is 9.86. The zero-order valence-corrected chi connectivity index (χ0v) is 13.5. The Balaban J connectivity index is 0.00000220. The highest BCUT2D eigenvalue weighted by atomic mass is 35.5. The fourth-order valence-electron chi connectivity index (χ4n) is 2.74. The largest absolute Gasteiger partial charge is 0.384 e. The van der Waals surface area contributed by atoms with Crippen molar-refractivity contribution in [3.8, 4) is 0 Å². The third-order valence-electron chi connectivity index (χ3n) is 3.95. The number of ether oxygens (including phenoxy) is 1. The van der Waals surface area contributed by atoms with E-state index in [1.165, 1.54) is 5.56 Å². The fourth-order valence-corrected chi connectivity index (χ4v) is 2.74. The van der Waals surface area contributed by atoms with Crippen LogP contribution in [0, 0.1) is 5.41 Å². The van der Waals surface area contributed by atoms with Gasteiger partial charge in [-0.15, -0.1) is 12.4 Å². The number of rotatable bonds is 6. The molecule has 1 unspecified atom stereocenters. The highest BCUT2D eigenvalue weighted by molar-refractivity contribution is 5.85. The molecule has 1 fully saturated rings. The first-order chi connectivity index (χ1) is 9.68. The third-order valence-corrected chi connectivity index (χ3v) is 3.95. The molecule has 1 N–H and O–H groups in total. The molecular formula is C15H24ClN3O2. The van der Waals surface area contributed by atoms with Crippen LogP contribution in [0.25, 0.3) is 0 Å². The smallest absolute Gasteiger partial charge is 0.232 e. The molecule has 1 saturated heterocycles. The maximum Gasteiger partial charge on any atom is 0.232 e. The van der Waals surface area contributed by atoms with Gasteiger partial charge in [0.2, 0.25) is 5.91 Å². The molecule has 2 rings (SSSR count). The Hall–Kier alpha value is -1.17. The van der Waals surface area contributed by atoms with E-state index < -0.39 is 0 Å². The van der Waals surface area contributed by atoms with Gasteiger partial charge in [0.1, 0.15) is 0 Å². The van der Waals surface area contributed by atoms with Crippen molar-refractivity contribution in [2.75, 3.05) is 40.4 Å². The van der Waals surface area contributed by atoms with Crippen LogP contribution < -0.4 is 5.32 Å². The number of nitrogens with zero attached hydrogens (tertiary/aromatic N) is 2. The Bertz CT molecular complexity index is 436. The number of pyridine rings is 1. The van der Waals surface area contributed by atoms with Crippen LogP contribution in [0.3, 0.4) is 0 Å². The summed E-state index contributed by atoms with van der Waals surface area (Å²) in [4.78, 5) is 18.5. The molecule has 1 aliphatic rings. The van der Waals surface area contributed by atoms with Crippen LogP contribution in [0.1, 0.15) is 12.0 Å². The first kappa shape index (κ1) is 17.9. The molecule has 0 aliphatic carbocycles. The number of nitrogens with one attached hydrogen (secondary N) is 1. The second kappa shape index (κ2) is 8.32. The second-order valence-electron chi connectivity index (χ2n) is 5.47. The molecule has 0 radical (unpaired) electrons. The second-order valence-corrected chi connectivity index (χ2v) is 5.47. The van der Waals surface area contributed by atoms with Crippen molar-refractivity contribution in [2.45, 2.75) is 12.8 Å². The van der Waals surface area contributed by atoms with Crippen LogP contribution in [-0.4, -0.2) is 56.2 Å². The van der Waals surface area contributed by atoms with Crippen molar-refractivity contribution in [1.29, 1.82) is 0 Å². The summed E-state index contributed by atoms with van der Waals surface area (Å²) >= 11 is 0. The Morgan fingerprint density at radius 1 is 1.48 bits per heavy atom. The third kappa shape index (κ3) is 4.40. The van der Waals surface area contributed by atoms with Crippen LogP contribution in [0.4, 0.5) is 0 Å². The quantitative estimate of drug-likeness (QED) is 0.855. The highest BCUT2D eigenvalue weighted by Gasteiger charge is 2.42. The topological polar surface area (TPSA) is 54.5 Å². The van der Waals surface area contributed by atoms with Gasteiger partial charge in [-0.1, -0.05) is 0 Å². The van der Waals surface area contributed by atoms with Crippen molar-refractivity contribution in [2.24, 2.45) is 5.41 Å². The number of halogens is 1. The Labute approximate surface area is 132 Å². The van der Waals surface area contributed by atoms with Crippen LogP contribution in [-0.2, 0) is 16.0 Å². The van der Waals surface area contributed by atoms with E-state index in [4.69, 9.17) is 4.74 Å².